The molecule has 0 aliphatic carbocycles. The van der Waals surface area contributed by atoms with Gasteiger partial charge in [-0.2, -0.15) is 0 Å². The molecule has 1 aromatic carbocycles. The van der Waals surface area contributed by atoms with E-state index >= 15 is 0 Å². The predicted octanol–water partition coefficient (Wildman–Crippen LogP) is 2.94. The lowest BCUT2D eigenvalue weighted by atomic mass is 10.0. The summed E-state index contributed by atoms with van der Waals surface area (Å²) >= 11 is 0. The Morgan fingerprint density at radius 1 is 1.29 bits per heavy atom. The first-order chi connectivity index (χ1) is 7.88. The molecule has 0 bridgehead atoms. The second kappa shape index (κ2) is 4.06. The van der Waals surface area contributed by atoms with E-state index in [1.807, 2.05) is 12.1 Å². The number of hydrogen-bond acceptors (Lipinski definition) is 2. The zero-order valence-corrected chi connectivity index (χ0v) is 11.0. The molecule has 1 aromatic rings. The lowest BCUT2D eigenvalue weighted by molar-refractivity contribution is -0.116. The van der Waals surface area contributed by atoms with Crippen LogP contribution in [-0.2, 0) is 4.79 Å². The van der Waals surface area contributed by atoms with Crippen LogP contribution in [0.15, 0.2) is 18.2 Å². The molecular formula is C14H20N2O. The maximum atomic E-state index is 11.7. The van der Waals surface area contributed by atoms with Crippen molar-refractivity contribution in [1.82, 2.24) is 0 Å². The van der Waals surface area contributed by atoms with Crippen molar-refractivity contribution >= 4 is 17.3 Å². The molecule has 2 rings (SSSR count). The number of anilines is 2. The van der Waals surface area contributed by atoms with Crippen molar-refractivity contribution in [1.29, 1.82) is 0 Å². The van der Waals surface area contributed by atoms with E-state index in [1.54, 1.807) is 0 Å². The van der Waals surface area contributed by atoms with Gasteiger partial charge in [-0.3, -0.25) is 4.79 Å². The van der Waals surface area contributed by atoms with Crippen LogP contribution >= 0.6 is 0 Å². The Labute approximate surface area is 103 Å². The molecule has 0 saturated heterocycles. The second-order valence-electron chi connectivity index (χ2n) is 5.64. The van der Waals surface area contributed by atoms with Gasteiger partial charge in [0.2, 0.25) is 5.91 Å². The van der Waals surface area contributed by atoms with Gasteiger partial charge in [-0.1, -0.05) is 6.07 Å². The van der Waals surface area contributed by atoms with E-state index in [-0.39, 0.29) is 11.4 Å². The number of rotatable bonds is 0. The van der Waals surface area contributed by atoms with E-state index in [0.29, 0.717) is 6.42 Å². The minimum absolute atomic E-state index is 0.0227. The molecule has 1 heterocycles. The Kier molecular flexibility index (Phi) is 2.86. The molecule has 92 valence electrons. The van der Waals surface area contributed by atoms with E-state index in [2.05, 4.69) is 44.0 Å². The third-order valence-corrected chi connectivity index (χ3v) is 3.09. The quantitative estimate of drug-likeness (QED) is 0.746. The maximum absolute atomic E-state index is 11.7. The second-order valence-corrected chi connectivity index (χ2v) is 5.64. The Balaban J connectivity index is 2.52. The van der Waals surface area contributed by atoms with Crippen LogP contribution in [-0.4, -0.2) is 18.0 Å². The number of fused-ring (bicyclic) bond motifs is 1. The molecule has 0 fully saturated rings. The van der Waals surface area contributed by atoms with Crippen molar-refractivity contribution in [3.8, 4) is 0 Å². The molecule has 1 aliphatic rings. The maximum Gasteiger partial charge on any atom is 0.226 e. The van der Waals surface area contributed by atoms with E-state index in [9.17, 15) is 4.79 Å². The van der Waals surface area contributed by atoms with Gasteiger partial charge >= 0.3 is 0 Å². The van der Waals surface area contributed by atoms with Gasteiger partial charge in [-0.25, -0.2) is 0 Å². The summed E-state index contributed by atoms with van der Waals surface area (Å²) in [5.74, 6) is 0.0989. The van der Waals surface area contributed by atoms with Crippen molar-refractivity contribution in [2.45, 2.75) is 39.7 Å². The van der Waals surface area contributed by atoms with E-state index in [4.69, 9.17) is 0 Å². The first-order valence-electron chi connectivity index (χ1n) is 6.06. The van der Waals surface area contributed by atoms with E-state index in [1.165, 1.54) is 5.56 Å². The zero-order chi connectivity index (χ0) is 12.6. The third kappa shape index (κ3) is 2.43. The number of carbonyl (C=O) groups excluding carboxylic acids is 1. The van der Waals surface area contributed by atoms with Crippen molar-refractivity contribution in [3.63, 3.8) is 0 Å². The number of benzene rings is 1. The van der Waals surface area contributed by atoms with E-state index < -0.39 is 0 Å². The smallest absolute Gasteiger partial charge is 0.226 e. The highest BCUT2D eigenvalue weighted by atomic mass is 16.1. The van der Waals surface area contributed by atoms with Crippen molar-refractivity contribution in [2.24, 2.45) is 0 Å². The number of amides is 1. The summed E-state index contributed by atoms with van der Waals surface area (Å²) in [6.45, 7) is 9.37. The Morgan fingerprint density at radius 3 is 2.65 bits per heavy atom. The molecule has 0 unspecified atom stereocenters. The minimum atomic E-state index is 0.0227. The lowest BCUT2D eigenvalue weighted by Crippen LogP contribution is -2.42. The van der Waals surface area contributed by atoms with Crippen LogP contribution in [0.1, 0.15) is 32.8 Å². The third-order valence-electron chi connectivity index (χ3n) is 3.09. The largest absolute Gasteiger partial charge is 0.364 e. The van der Waals surface area contributed by atoms with Gasteiger partial charge in [0.05, 0.1) is 11.4 Å². The lowest BCUT2D eigenvalue weighted by Gasteiger charge is -2.37. The van der Waals surface area contributed by atoms with E-state index in [0.717, 1.165) is 17.9 Å². The first-order valence-corrected chi connectivity index (χ1v) is 6.06. The summed E-state index contributed by atoms with van der Waals surface area (Å²) < 4.78 is 0. The summed E-state index contributed by atoms with van der Waals surface area (Å²) in [5.41, 5.74) is 3.29. The monoisotopic (exact) mass is 232 g/mol. The van der Waals surface area contributed by atoms with Crippen LogP contribution in [0.4, 0.5) is 11.4 Å². The first kappa shape index (κ1) is 12.0. The molecule has 1 N–H and O–H groups in total. The zero-order valence-electron chi connectivity index (χ0n) is 11.0. The summed E-state index contributed by atoms with van der Waals surface area (Å²) in [4.78, 5) is 14.0. The standard InChI is InChI=1S/C14H20N2O/c1-10-5-6-11-12(9-10)16(14(2,3)4)8-7-13(17)15-11/h5-6,9H,7-8H2,1-4H3,(H,15,17). The van der Waals surface area contributed by atoms with Gasteiger partial charge in [-0.15, -0.1) is 0 Å². The van der Waals surface area contributed by atoms with Gasteiger partial charge in [0.25, 0.3) is 0 Å². The van der Waals surface area contributed by atoms with Crippen molar-refractivity contribution < 1.29 is 4.79 Å². The number of aryl methyl sites for hydroxylation is 1. The Bertz CT molecular complexity index is 446. The molecule has 0 saturated carbocycles. The van der Waals surface area contributed by atoms with Gasteiger partial charge < -0.3 is 10.2 Å². The van der Waals surface area contributed by atoms with Crippen LogP contribution in [0.2, 0.25) is 0 Å². The highest BCUT2D eigenvalue weighted by Gasteiger charge is 2.27. The summed E-state index contributed by atoms with van der Waals surface area (Å²) in [5, 5.41) is 2.97. The van der Waals surface area contributed by atoms with Gasteiger partial charge in [0, 0.05) is 18.5 Å². The fourth-order valence-electron chi connectivity index (χ4n) is 2.21. The number of carbonyl (C=O) groups is 1. The van der Waals surface area contributed by atoms with Crippen LogP contribution < -0.4 is 10.2 Å². The normalized spacial score (nSPS) is 16.2. The average molecular weight is 232 g/mol. The molecule has 3 heteroatoms. The molecule has 0 spiro atoms. The van der Waals surface area contributed by atoms with Crippen molar-refractivity contribution in [2.75, 3.05) is 16.8 Å². The number of nitrogens with zero attached hydrogens (tertiary/aromatic N) is 1. The molecule has 0 radical (unpaired) electrons. The molecular weight excluding hydrogens is 212 g/mol. The highest BCUT2D eigenvalue weighted by Crippen LogP contribution is 2.34. The van der Waals surface area contributed by atoms with Crippen LogP contribution in [0.3, 0.4) is 0 Å². The van der Waals surface area contributed by atoms with Crippen LogP contribution in [0.5, 0.6) is 0 Å². The number of hydrogen-bond donors (Lipinski definition) is 1. The summed E-state index contributed by atoms with van der Waals surface area (Å²) in [6, 6.07) is 6.17. The number of nitrogens with one attached hydrogen (secondary N) is 1. The predicted molar refractivity (Wildman–Crippen MR) is 71.5 cm³/mol. The average Bonchev–Trinajstić information content (AvgIpc) is 2.35. The fourth-order valence-corrected chi connectivity index (χ4v) is 2.21. The fraction of sp³-hybridized carbons (Fsp3) is 0.500. The Morgan fingerprint density at radius 2 is 2.00 bits per heavy atom. The minimum Gasteiger partial charge on any atom is -0.364 e. The molecule has 0 aromatic heterocycles. The molecule has 1 aliphatic heterocycles. The van der Waals surface area contributed by atoms with Gasteiger partial charge in [0.15, 0.2) is 0 Å². The molecule has 3 nitrogen and oxygen atoms in total. The molecule has 0 atom stereocenters. The van der Waals surface area contributed by atoms with Gasteiger partial charge in [-0.05, 0) is 45.4 Å². The molecule has 17 heavy (non-hydrogen) atoms. The summed E-state index contributed by atoms with van der Waals surface area (Å²) in [6.07, 6.45) is 0.547. The highest BCUT2D eigenvalue weighted by molar-refractivity contribution is 5.96. The van der Waals surface area contributed by atoms with Crippen molar-refractivity contribution in [3.05, 3.63) is 23.8 Å². The van der Waals surface area contributed by atoms with Gasteiger partial charge in [0.1, 0.15) is 0 Å². The Hall–Kier alpha value is -1.51. The molecule has 1 amide bonds. The SMILES string of the molecule is Cc1ccc2c(c1)N(C(C)(C)C)CCC(=O)N2. The topological polar surface area (TPSA) is 32.3 Å². The van der Waals surface area contributed by atoms with Crippen LogP contribution in [0.25, 0.3) is 0 Å². The van der Waals surface area contributed by atoms with Crippen LogP contribution in [0, 0.1) is 6.92 Å². The summed E-state index contributed by atoms with van der Waals surface area (Å²) in [7, 11) is 0.